The van der Waals surface area contributed by atoms with Crippen LogP contribution in [0, 0.1) is 24.1 Å². The van der Waals surface area contributed by atoms with Gasteiger partial charge in [0.15, 0.2) is 5.82 Å². The second-order valence-corrected chi connectivity index (χ2v) is 2.89. The van der Waals surface area contributed by atoms with Gasteiger partial charge in [-0.1, -0.05) is 0 Å². The Kier molecular flexibility index (Phi) is 2.82. The van der Waals surface area contributed by atoms with Gasteiger partial charge in [-0.05, 0) is 19.1 Å². The average molecular weight is 192 g/mol. The maximum Gasteiger partial charge on any atom is 0.221 e. The molecule has 0 spiro atoms. The summed E-state index contributed by atoms with van der Waals surface area (Å²) in [6, 6.07) is 4.72. The summed E-state index contributed by atoms with van der Waals surface area (Å²) in [6.45, 7) is 2.80. The van der Waals surface area contributed by atoms with E-state index in [-0.39, 0.29) is 22.7 Å². The number of halogens is 1. The molecule has 3 nitrogen and oxygen atoms in total. The standard InChI is InChI=1S/C10H9FN2O/c1-6-8(5-12)3-4-9(10(6)11)13-7(2)14/h3-4H,1-2H3,(H,13,14). The molecule has 0 aliphatic rings. The van der Waals surface area contributed by atoms with E-state index in [2.05, 4.69) is 5.32 Å². The molecule has 0 aromatic heterocycles. The minimum Gasteiger partial charge on any atom is -0.324 e. The average Bonchev–Trinajstić information content (AvgIpc) is 2.13. The normalized spacial score (nSPS) is 9.29. The topological polar surface area (TPSA) is 52.9 Å². The number of nitriles is 1. The molecule has 0 saturated carbocycles. The number of hydrogen-bond donors (Lipinski definition) is 1. The van der Waals surface area contributed by atoms with E-state index in [4.69, 9.17) is 5.26 Å². The Bertz CT molecular complexity index is 421. The number of hydrogen-bond acceptors (Lipinski definition) is 2. The van der Waals surface area contributed by atoms with Crippen molar-refractivity contribution in [3.8, 4) is 6.07 Å². The number of carbonyl (C=O) groups excluding carboxylic acids is 1. The number of benzene rings is 1. The first-order valence-electron chi connectivity index (χ1n) is 4.03. The van der Waals surface area contributed by atoms with Gasteiger partial charge in [0.1, 0.15) is 0 Å². The second-order valence-electron chi connectivity index (χ2n) is 2.89. The smallest absolute Gasteiger partial charge is 0.221 e. The molecule has 1 N–H and O–H groups in total. The molecule has 1 rings (SSSR count). The Morgan fingerprint density at radius 1 is 1.57 bits per heavy atom. The zero-order valence-corrected chi connectivity index (χ0v) is 7.89. The second kappa shape index (κ2) is 3.88. The Hall–Kier alpha value is -1.89. The summed E-state index contributed by atoms with van der Waals surface area (Å²) >= 11 is 0. The molecule has 1 amide bonds. The van der Waals surface area contributed by atoms with E-state index in [1.165, 1.54) is 26.0 Å². The third-order valence-electron chi connectivity index (χ3n) is 1.82. The van der Waals surface area contributed by atoms with Crippen LogP contribution in [-0.2, 0) is 4.79 Å². The van der Waals surface area contributed by atoms with Crippen molar-refractivity contribution in [1.29, 1.82) is 5.26 Å². The Morgan fingerprint density at radius 2 is 2.21 bits per heavy atom. The molecule has 0 heterocycles. The summed E-state index contributed by atoms with van der Waals surface area (Å²) < 4.78 is 13.4. The van der Waals surface area contributed by atoms with Gasteiger partial charge >= 0.3 is 0 Å². The molecule has 0 aliphatic heterocycles. The van der Waals surface area contributed by atoms with Gasteiger partial charge in [0.25, 0.3) is 0 Å². The van der Waals surface area contributed by atoms with Crippen LogP contribution in [0.2, 0.25) is 0 Å². The fourth-order valence-corrected chi connectivity index (χ4v) is 1.09. The fourth-order valence-electron chi connectivity index (χ4n) is 1.09. The first-order chi connectivity index (χ1) is 6.56. The first kappa shape index (κ1) is 10.2. The summed E-state index contributed by atoms with van der Waals surface area (Å²) in [4.78, 5) is 10.7. The lowest BCUT2D eigenvalue weighted by molar-refractivity contribution is -0.114. The van der Waals surface area contributed by atoms with E-state index >= 15 is 0 Å². The highest BCUT2D eigenvalue weighted by molar-refractivity contribution is 5.89. The van der Waals surface area contributed by atoms with Crippen LogP contribution in [-0.4, -0.2) is 5.91 Å². The summed E-state index contributed by atoms with van der Waals surface area (Å²) in [7, 11) is 0. The minimum atomic E-state index is -0.556. The van der Waals surface area contributed by atoms with Crippen molar-refractivity contribution in [2.24, 2.45) is 0 Å². The number of rotatable bonds is 1. The largest absolute Gasteiger partial charge is 0.324 e. The molecule has 0 radical (unpaired) electrons. The third kappa shape index (κ3) is 1.88. The van der Waals surface area contributed by atoms with Gasteiger partial charge in [0.05, 0.1) is 17.3 Å². The van der Waals surface area contributed by atoms with Crippen molar-refractivity contribution >= 4 is 11.6 Å². The van der Waals surface area contributed by atoms with Crippen molar-refractivity contribution in [1.82, 2.24) is 0 Å². The van der Waals surface area contributed by atoms with Crippen molar-refractivity contribution in [2.45, 2.75) is 13.8 Å². The zero-order chi connectivity index (χ0) is 10.7. The molecule has 0 unspecified atom stereocenters. The minimum absolute atomic E-state index is 0.106. The summed E-state index contributed by atoms with van der Waals surface area (Å²) in [6.07, 6.45) is 0. The van der Waals surface area contributed by atoms with Gasteiger partial charge in [-0.25, -0.2) is 4.39 Å². The monoisotopic (exact) mass is 192 g/mol. The first-order valence-corrected chi connectivity index (χ1v) is 4.03. The van der Waals surface area contributed by atoms with Crippen molar-refractivity contribution in [3.63, 3.8) is 0 Å². The number of carbonyl (C=O) groups is 1. The highest BCUT2D eigenvalue weighted by Crippen LogP contribution is 2.20. The van der Waals surface area contributed by atoms with E-state index in [9.17, 15) is 9.18 Å². The zero-order valence-electron chi connectivity index (χ0n) is 7.89. The predicted molar refractivity (Wildman–Crippen MR) is 50.2 cm³/mol. The van der Waals surface area contributed by atoms with Gasteiger partial charge in [-0.2, -0.15) is 5.26 Å². The van der Waals surface area contributed by atoms with Crippen LogP contribution in [0.5, 0.6) is 0 Å². The SMILES string of the molecule is CC(=O)Nc1ccc(C#N)c(C)c1F. The van der Waals surface area contributed by atoms with Crippen molar-refractivity contribution in [3.05, 3.63) is 29.1 Å². The number of nitrogens with zero attached hydrogens (tertiary/aromatic N) is 1. The maximum absolute atomic E-state index is 13.4. The van der Waals surface area contributed by atoms with Gasteiger partial charge in [-0.3, -0.25) is 4.79 Å². The van der Waals surface area contributed by atoms with Gasteiger partial charge in [-0.15, -0.1) is 0 Å². The van der Waals surface area contributed by atoms with Gasteiger partial charge in [0.2, 0.25) is 5.91 Å². The van der Waals surface area contributed by atoms with Crippen molar-refractivity contribution < 1.29 is 9.18 Å². The summed E-state index contributed by atoms with van der Waals surface area (Å²) in [5, 5.41) is 11.0. The van der Waals surface area contributed by atoms with E-state index < -0.39 is 5.82 Å². The summed E-state index contributed by atoms with van der Waals surface area (Å²) in [5.41, 5.74) is 0.629. The van der Waals surface area contributed by atoms with Crippen LogP contribution in [0.3, 0.4) is 0 Å². The molecule has 0 atom stereocenters. The molecule has 1 aromatic carbocycles. The maximum atomic E-state index is 13.4. The molecule has 14 heavy (non-hydrogen) atoms. The molecule has 4 heteroatoms. The molecule has 1 aromatic rings. The lowest BCUT2D eigenvalue weighted by Crippen LogP contribution is -2.08. The Labute approximate surface area is 81.2 Å². The lowest BCUT2D eigenvalue weighted by atomic mass is 10.1. The van der Waals surface area contributed by atoms with E-state index in [0.29, 0.717) is 0 Å². The Balaban J connectivity index is 3.18. The summed E-state index contributed by atoms with van der Waals surface area (Å²) in [5.74, 6) is -0.896. The van der Waals surface area contributed by atoms with E-state index in [1.807, 2.05) is 6.07 Å². The van der Waals surface area contributed by atoms with Crippen LogP contribution in [0.1, 0.15) is 18.1 Å². The molecule has 0 saturated heterocycles. The lowest BCUT2D eigenvalue weighted by Gasteiger charge is -2.06. The number of anilines is 1. The van der Waals surface area contributed by atoms with Gasteiger partial charge < -0.3 is 5.32 Å². The van der Waals surface area contributed by atoms with Gasteiger partial charge in [0, 0.05) is 12.5 Å². The Morgan fingerprint density at radius 3 is 2.71 bits per heavy atom. The quantitative estimate of drug-likeness (QED) is 0.739. The predicted octanol–water partition coefficient (Wildman–Crippen LogP) is 1.96. The van der Waals surface area contributed by atoms with E-state index in [0.717, 1.165) is 0 Å². The molecule has 0 bridgehead atoms. The molecular formula is C10H9FN2O. The van der Waals surface area contributed by atoms with Crippen LogP contribution in [0.15, 0.2) is 12.1 Å². The van der Waals surface area contributed by atoms with E-state index in [1.54, 1.807) is 0 Å². The molecular weight excluding hydrogens is 183 g/mol. The fraction of sp³-hybridized carbons (Fsp3) is 0.200. The number of amides is 1. The van der Waals surface area contributed by atoms with Crippen molar-refractivity contribution in [2.75, 3.05) is 5.32 Å². The highest BCUT2D eigenvalue weighted by Gasteiger charge is 2.09. The number of nitrogens with one attached hydrogen (secondary N) is 1. The molecule has 0 fully saturated rings. The van der Waals surface area contributed by atoms with Crippen LogP contribution in [0.4, 0.5) is 10.1 Å². The van der Waals surface area contributed by atoms with Crippen LogP contribution >= 0.6 is 0 Å². The van der Waals surface area contributed by atoms with Crippen LogP contribution < -0.4 is 5.32 Å². The highest BCUT2D eigenvalue weighted by atomic mass is 19.1. The molecule has 0 aliphatic carbocycles. The molecule has 72 valence electrons. The third-order valence-corrected chi connectivity index (χ3v) is 1.82. The van der Waals surface area contributed by atoms with Crippen LogP contribution in [0.25, 0.3) is 0 Å².